The minimum absolute atomic E-state index is 0.00430. The largest absolute Gasteiger partial charge is 0.449 e. The van der Waals surface area contributed by atoms with Crippen molar-refractivity contribution in [1.29, 1.82) is 5.26 Å². The van der Waals surface area contributed by atoms with E-state index in [-0.39, 0.29) is 24.4 Å². The van der Waals surface area contributed by atoms with Crippen LogP contribution in [0.25, 0.3) is 10.9 Å². The minimum atomic E-state index is -0.663. The van der Waals surface area contributed by atoms with Crippen molar-refractivity contribution in [2.75, 3.05) is 13.2 Å². The van der Waals surface area contributed by atoms with E-state index in [9.17, 15) is 14.4 Å². The summed E-state index contributed by atoms with van der Waals surface area (Å²) in [6.45, 7) is 6.06. The molecule has 8 heteroatoms. The fourth-order valence-corrected chi connectivity index (χ4v) is 3.40. The highest BCUT2D eigenvalue weighted by Crippen LogP contribution is 2.21. The number of hydrogen-bond acceptors (Lipinski definition) is 5. The van der Waals surface area contributed by atoms with E-state index in [1.165, 1.54) is 9.47 Å². The quantitative estimate of drug-likeness (QED) is 0.782. The molecule has 152 valence electrons. The summed E-state index contributed by atoms with van der Waals surface area (Å²) in [5, 5.41) is 12.4. The maximum Gasteiger partial charge on any atom is 0.418 e. The van der Waals surface area contributed by atoms with Crippen LogP contribution in [0.2, 0.25) is 0 Å². The number of ether oxygens (including phenoxy) is 1. The maximum absolute atomic E-state index is 12.7. The Labute approximate surface area is 169 Å². The third kappa shape index (κ3) is 4.24. The zero-order chi connectivity index (χ0) is 21.1. The second-order valence-corrected chi connectivity index (χ2v) is 7.67. The van der Waals surface area contributed by atoms with Gasteiger partial charge in [-0.1, -0.05) is 19.9 Å². The van der Waals surface area contributed by atoms with Crippen molar-refractivity contribution in [3.8, 4) is 6.07 Å². The van der Waals surface area contributed by atoms with Gasteiger partial charge in [0.2, 0.25) is 5.91 Å². The van der Waals surface area contributed by atoms with Crippen LogP contribution in [0.5, 0.6) is 0 Å². The molecule has 1 aromatic heterocycles. The molecule has 3 rings (SSSR count). The average molecular weight is 396 g/mol. The molecule has 0 saturated carbocycles. The minimum Gasteiger partial charge on any atom is -0.449 e. The van der Waals surface area contributed by atoms with E-state index in [4.69, 9.17) is 10.00 Å². The molecule has 0 bridgehead atoms. The topological polar surface area (TPSA) is 104 Å². The summed E-state index contributed by atoms with van der Waals surface area (Å²) in [5.41, 5.74) is 0.900. The van der Waals surface area contributed by atoms with Crippen molar-refractivity contribution in [1.82, 2.24) is 14.8 Å². The van der Waals surface area contributed by atoms with Gasteiger partial charge in [0.1, 0.15) is 12.6 Å². The zero-order valence-corrected chi connectivity index (χ0v) is 16.7. The van der Waals surface area contributed by atoms with Gasteiger partial charge >= 0.3 is 6.09 Å². The average Bonchev–Trinajstić information content (AvgIpc) is 3.22. The van der Waals surface area contributed by atoms with Gasteiger partial charge in [-0.05, 0) is 37.5 Å². The maximum atomic E-state index is 12.7. The molecule has 1 aliphatic rings. The van der Waals surface area contributed by atoms with Gasteiger partial charge in [-0.25, -0.2) is 4.79 Å². The predicted octanol–water partition coefficient (Wildman–Crippen LogP) is 2.52. The van der Waals surface area contributed by atoms with E-state index in [0.29, 0.717) is 24.1 Å². The Morgan fingerprint density at radius 3 is 2.79 bits per heavy atom. The molecule has 1 aliphatic heterocycles. The first-order valence-electron chi connectivity index (χ1n) is 9.58. The van der Waals surface area contributed by atoms with Gasteiger partial charge in [0.05, 0.1) is 18.2 Å². The second kappa shape index (κ2) is 8.35. The van der Waals surface area contributed by atoms with Crippen LogP contribution in [0.1, 0.15) is 37.6 Å². The van der Waals surface area contributed by atoms with Crippen LogP contribution >= 0.6 is 0 Å². The number of fused-ring (bicyclic) bond motifs is 1. The molecule has 1 N–H and O–H groups in total. The first kappa shape index (κ1) is 20.4. The Morgan fingerprint density at radius 2 is 2.10 bits per heavy atom. The van der Waals surface area contributed by atoms with Gasteiger partial charge in [-0.15, -0.1) is 0 Å². The van der Waals surface area contributed by atoms with Gasteiger partial charge in [0, 0.05) is 23.2 Å². The molecule has 2 amide bonds. The van der Waals surface area contributed by atoms with E-state index < -0.39 is 18.0 Å². The Hall–Kier alpha value is -3.34. The summed E-state index contributed by atoms with van der Waals surface area (Å²) < 4.78 is 6.64. The number of nitrogens with zero attached hydrogens (tertiary/aromatic N) is 3. The number of nitrogens with one attached hydrogen (secondary N) is 1. The SMILES string of the molecule is CC(C)COC(=O)n1ccc2ccc(C(=O)NC3CC(C)N(CC#N)C3=O)cc21. The van der Waals surface area contributed by atoms with Crippen molar-refractivity contribution in [3.05, 3.63) is 36.0 Å². The normalized spacial score (nSPS) is 18.9. The van der Waals surface area contributed by atoms with Crippen LogP contribution < -0.4 is 5.32 Å². The first-order valence-corrected chi connectivity index (χ1v) is 9.58. The molecule has 2 aromatic rings. The van der Waals surface area contributed by atoms with Gasteiger partial charge in [0.15, 0.2) is 0 Å². The Bertz CT molecular complexity index is 988. The fourth-order valence-electron chi connectivity index (χ4n) is 3.40. The van der Waals surface area contributed by atoms with Crippen molar-refractivity contribution >= 4 is 28.8 Å². The third-order valence-corrected chi connectivity index (χ3v) is 4.93. The molecule has 0 spiro atoms. The molecule has 2 unspecified atom stereocenters. The van der Waals surface area contributed by atoms with Crippen molar-refractivity contribution in [2.45, 2.75) is 39.3 Å². The van der Waals surface area contributed by atoms with Crippen LogP contribution in [0.4, 0.5) is 4.79 Å². The lowest BCUT2D eigenvalue weighted by atomic mass is 10.1. The molecule has 1 aromatic carbocycles. The lowest BCUT2D eigenvalue weighted by molar-refractivity contribution is -0.129. The van der Waals surface area contributed by atoms with E-state index in [2.05, 4.69) is 5.32 Å². The number of nitriles is 1. The number of carbonyl (C=O) groups is 3. The molecular weight excluding hydrogens is 372 g/mol. The highest BCUT2D eigenvalue weighted by Gasteiger charge is 2.37. The molecule has 29 heavy (non-hydrogen) atoms. The highest BCUT2D eigenvalue weighted by molar-refractivity contribution is 6.01. The summed E-state index contributed by atoms with van der Waals surface area (Å²) >= 11 is 0. The number of carbonyl (C=O) groups excluding carboxylic acids is 3. The van der Waals surface area contributed by atoms with Gasteiger partial charge in [-0.3, -0.25) is 14.2 Å². The number of aromatic nitrogens is 1. The fraction of sp³-hybridized carbons (Fsp3) is 0.429. The lowest BCUT2D eigenvalue weighted by Gasteiger charge is -2.17. The number of amides is 2. The summed E-state index contributed by atoms with van der Waals surface area (Å²) in [4.78, 5) is 38.9. The van der Waals surface area contributed by atoms with Crippen molar-refractivity contribution in [3.63, 3.8) is 0 Å². The van der Waals surface area contributed by atoms with Crippen LogP contribution in [-0.2, 0) is 9.53 Å². The Balaban J connectivity index is 1.77. The summed E-state index contributed by atoms with van der Waals surface area (Å²) in [6, 6.07) is 7.98. The van der Waals surface area contributed by atoms with E-state index in [1.807, 2.05) is 26.8 Å². The van der Waals surface area contributed by atoms with Gasteiger partial charge in [0.25, 0.3) is 5.91 Å². The lowest BCUT2D eigenvalue weighted by Crippen LogP contribution is -2.41. The third-order valence-electron chi connectivity index (χ3n) is 4.93. The Morgan fingerprint density at radius 1 is 1.34 bits per heavy atom. The zero-order valence-electron chi connectivity index (χ0n) is 16.7. The van der Waals surface area contributed by atoms with E-state index in [1.54, 1.807) is 30.5 Å². The standard InChI is InChI=1S/C21H24N4O4/c1-13(2)12-29-21(28)25-8-6-15-4-5-16(11-18(15)25)19(26)23-17-10-14(3)24(9-7-22)20(17)27/h4-6,8,11,13-14,17H,9-10,12H2,1-3H3,(H,23,26). The molecule has 0 radical (unpaired) electrons. The molecule has 1 saturated heterocycles. The number of benzene rings is 1. The van der Waals surface area contributed by atoms with Gasteiger partial charge < -0.3 is 15.0 Å². The Kier molecular flexibility index (Phi) is 5.87. The molecule has 2 atom stereocenters. The van der Waals surface area contributed by atoms with E-state index in [0.717, 1.165) is 5.39 Å². The first-order chi connectivity index (χ1) is 13.8. The predicted molar refractivity (Wildman–Crippen MR) is 106 cm³/mol. The van der Waals surface area contributed by atoms with Crippen LogP contribution in [0.15, 0.2) is 30.5 Å². The highest BCUT2D eigenvalue weighted by atomic mass is 16.5. The second-order valence-electron chi connectivity index (χ2n) is 7.67. The molecule has 8 nitrogen and oxygen atoms in total. The summed E-state index contributed by atoms with van der Waals surface area (Å²) in [7, 11) is 0. The monoisotopic (exact) mass is 396 g/mol. The summed E-state index contributed by atoms with van der Waals surface area (Å²) in [5.74, 6) is -0.442. The van der Waals surface area contributed by atoms with E-state index >= 15 is 0 Å². The van der Waals surface area contributed by atoms with Crippen LogP contribution in [0.3, 0.4) is 0 Å². The molecule has 2 heterocycles. The van der Waals surface area contributed by atoms with Gasteiger partial charge in [-0.2, -0.15) is 5.26 Å². The molecule has 0 aliphatic carbocycles. The molecular formula is C21H24N4O4. The van der Waals surface area contributed by atoms with Crippen molar-refractivity contribution < 1.29 is 19.1 Å². The van der Waals surface area contributed by atoms with Crippen LogP contribution in [0, 0.1) is 17.2 Å². The van der Waals surface area contributed by atoms with Crippen LogP contribution in [-0.4, -0.2) is 52.6 Å². The number of rotatable bonds is 5. The number of likely N-dealkylation sites (tertiary alicyclic amines) is 1. The number of hydrogen-bond donors (Lipinski definition) is 1. The smallest absolute Gasteiger partial charge is 0.418 e. The van der Waals surface area contributed by atoms with Crippen molar-refractivity contribution in [2.24, 2.45) is 5.92 Å². The molecule has 1 fully saturated rings. The summed E-state index contributed by atoms with van der Waals surface area (Å²) in [6.07, 6.45) is 1.56.